The molecule has 1 aliphatic rings. The molecule has 1 unspecified atom stereocenters. The summed E-state index contributed by atoms with van der Waals surface area (Å²) in [5.41, 5.74) is 2.80. The molecule has 0 radical (unpaired) electrons. The minimum atomic E-state index is -0.159. The zero-order valence-electron chi connectivity index (χ0n) is 15.1. The molecule has 4 rings (SSSR count). The monoisotopic (exact) mass is 344 g/mol. The lowest BCUT2D eigenvalue weighted by Crippen LogP contribution is -2.20. The van der Waals surface area contributed by atoms with E-state index >= 15 is 0 Å². The molecule has 3 aromatic rings. The Morgan fingerprint density at radius 3 is 2.42 bits per heavy atom. The van der Waals surface area contributed by atoms with Gasteiger partial charge in [-0.05, 0) is 48.4 Å². The predicted molar refractivity (Wildman–Crippen MR) is 103 cm³/mol. The third-order valence-electron chi connectivity index (χ3n) is 4.98. The summed E-state index contributed by atoms with van der Waals surface area (Å²) in [5.74, 6) is 2.15. The van der Waals surface area contributed by atoms with Crippen LogP contribution in [0.2, 0.25) is 0 Å². The second-order valence-electron chi connectivity index (χ2n) is 6.53. The van der Waals surface area contributed by atoms with Gasteiger partial charge in [-0.15, -0.1) is 0 Å². The van der Waals surface area contributed by atoms with Gasteiger partial charge in [0.15, 0.2) is 5.78 Å². The lowest BCUT2D eigenvalue weighted by molar-refractivity contribution is -0.114. The van der Waals surface area contributed by atoms with Crippen molar-refractivity contribution < 1.29 is 14.3 Å². The van der Waals surface area contributed by atoms with Crippen LogP contribution in [0.4, 0.5) is 0 Å². The van der Waals surface area contributed by atoms with Crippen LogP contribution in [0, 0.1) is 0 Å². The Labute approximate surface area is 152 Å². The summed E-state index contributed by atoms with van der Waals surface area (Å²) in [6, 6.07) is 20.2. The van der Waals surface area contributed by atoms with Crippen molar-refractivity contribution in [3.05, 3.63) is 83.1 Å². The average molecular weight is 344 g/mol. The number of rotatable bonds is 3. The second-order valence-corrected chi connectivity index (χ2v) is 6.53. The van der Waals surface area contributed by atoms with Crippen LogP contribution in [-0.4, -0.2) is 12.9 Å². The highest BCUT2D eigenvalue weighted by Gasteiger charge is 2.33. The van der Waals surface area contributed by atoms with E-state index in [1.807, 2.05) is 49.4 Å². The van der Waals surface area contributed by atoms with Crippen molar-refractivity contribution in [2.75, 3.05) is 7.11 Å². The molecule has 3 nitrogen and oxygen atoms in total. The van der Waals surface area contributed by atoms with Gasteiger partial charge in [0.05, 0.1) is 7.11 Å². The molecule has 0 fully saturated rings. The summed E-state index contributed by atoms with van der Waals surface area (Å²) in [7, 11) is 1.65. The number of carbonyl (C=O) groups is 1. The van der Waals surface area contributed by atoms with Crippen molar-refractivity contribution in [3.63, 3.8) is 0 Å². The van der Waals surface area contributed by atoms with Crippen molar-refractivity contribution in [1.82, 2.24) is 0 Å². The van der Waals surface area contributed by atoms with Crippen molar-refractivity contribution in [2.45, 2.75) is 19.8 Å². The maximum atomic E-state index is 12.5. The van der Waals surface area contributed by atoms with Gasteiger partial charge in [-0.25, -0.2) is 0 Å². The third kappa shape index (κ3) is 2.57. The minimum absolute atomic E-state index is 0.0295. The largest absolute Gasteiger partial charge is 0.497 e. The molecule has 26 heavy (non-hydrogen) atoms. The molecule has 0 spiro atoms. The molecule has 0 aromatic heterocycles. The lowest BCUT2D eigenvalue weighted by Gasteiger charge is -2.30. The minimum Gasteiger partial charge on any atom is -0.497 e. The topological polar surface area (TPSA) is 35.5 Å². The number of allylic oxidation sites excluding steroid dienone is 2. The maximum Gasteiger partial charge on any atom is 0.160 e. The van der Waals surface area contributed by atoms with E-state index in [1.54, 1.807) is 14.0 Å². The van der Waals surface area contributed by atoms with Crippen molar-refractivity contribution in [1.29, 1.82) is 0 Å². The molecular weight excluding hydrogens is 324 g/mol. The molecule has 0 saturated carbocycles. The zero-order chi connectivity index (χ0) is 18.3. The summed E-state index contributed by atoms with van der Waals surface area (Å²) in [6.45, 7) is 3.47. The fraction of sp³-hybridized carbons (Fsp3) is 0.174. The molecule has 0 aliphatic carbocycles. The van der Waals surface area contributed by atoms with E-state index in [4.69, 9.17) is 9.47 Å². The molecule has 0 saturated heterocycles. The van der Waals surface area contributed by atoms with Gasteiger partial charge in [0.2, 0.25) is 0 Å². The second kappa shape index (κ2) is 6.34. The summed E-state index contributed by atoms with van der Waals surface area (Å²) in [6.07, 6.45) is 0. The number of hydrogen-bond acceptors (Lipinski definition) is 3. The first kappa shape index (κ1) is 16.4. The normalized spacial score (nSPS) is 16.2. The predicted octanol–water partition coefficient (Wildman–Crippen LogP) is 5.24. The van der Waals surface area contributed by atoms with Gasteiger partial charge < -0.3 is 9.47 Å². The summed E-state index contributed by atoms with van der Waals surface area (Å²) < 4.78 is 11.3. The SMILES string of the molecule is COc1ccc(C2C(C(C)=O)=C(C)Oc3ccc4ccccc4c32)cc1. The summed E-state index contributed by atoms with van der Waals surface area (Å²) >= 11 is 0. The fourth-order valence-corrected chi connectivity index (χ4v) is 3.81. The van der Waals surface area contributed by atoms with Gasteiger partial charge in [-0.3, -0.25) is 4.79 Å². The molecule has 0 bridgehead atoms. The standard InChI is InChI=1S/C23H20O3/c1-14(24)21-15(2)26-20-13-10-16-6-4-5-7-19(16)23(20)22(21)17-8-11-18(25-3)12-9-17/h4-13,22H,1-3H3. The Balaban J connectivity index is 2.02. The van der Waals surface area contributed by atoms with Crippen LogP contribution in [-0.2, 0) is 4.79 Å². The van der Waals surface area contributed by atoms with E-state index in [0.29, 0.717) is 11.3 Å². The highest BCUT2D eigenvalue weighted by atomic mass is 16.5. The number of fused-ring (bicyclic) bond motifs is 3. The molecule has 1 heterocycles. The molecule has 0 amide bonds. The molecular formula is C23H20O3. The molecule has 1 atom stereocenters. The number of ether oxygens (including phenoxy) is 2. The Kier molecular flexibility index (Phi) is 4.00. The summed E-state index contributed by atoms with van der Waals surface area (Å²) in [4.78, 5) is 12.5. The van der Waals surface area contributed by atoms with Crippen molar-refractivity contribution >= 4 is 16.6 Å². The van der Waals surface area contributed by atoms with Gasteiger partial charge in [0.25, 0.3) is 0 Å². The third-order valence-corrected chi connectivity index (χ3v) is 4.98. The first-order valence-electron chi connectivity index (χ1n) is 8.65. The van der Waals surface area contributed by atoms with E-state index in [9.17, 15) is 4.79 Å². The first-order valence-corrected chi connectivity index (χ1v) is 8.65. The van der Waals surface area contributed by atoms with E-state index in [0.717, 1.165) is 33.4 Å². The Morgan fingerprint density at radius 2 is 1.73 bits per heavy atom. The van der Waals surface area contributed by atoms with Gasteiger partial charge in [-0.2, -0.15) is 0 Å². The van der Waals surface area contributed by atoms with Crippen LogP contribution in [0.3, 0.4) is 0 Å². The van der Waals surface area contributed by atoms with E-state index in [2.05, 4.69) is 18.2 Å². The number of carbonyl (C=O) groups excluding carboxylic acids is 1. The van der Waals surface area contributed by atoms with Crippen LogP contribution in [0.1, 0.15) is 30.9 Å². The smallest absolute Gasteiger partial charge is 0.160 e. The molecule has 3 heteroatoms. The lowest BCUT2D eigenvalue weighted by atomic mass is 9.79. The average Bonchev–Trinajstić information content (AvgIpc) is 2.66. The van der Waals surface area contributed by atoms with Crippen LogP contribution >= 0.6 is 0 Å². The van der Waals surface area contributed by atoms with Gasteiger partial charge in [-0.1, -0.05) is 42.5 Å². The fourth-order valence-electron chi connectivity index (χ4n) is 3.81. The van der Waals surface area contributed by atoms with Crippen LogP contribution < -0.4 is 9.47 Å². The maximum absolute atomic E-state index is 12.5. The van der Waals surface area contributed by atoms with E-state index in [-0.39, 0.29) is 11.7 Å². The number of hydrogen-bond donors (Lipinski definition) is 0. The Morgan fingerprint density at radius 1 is 1.00 bits per heavy atom. The number of benzene rings is 3. The first-order chi connectivity index (χ1) is 12.6. The van der Waals surface area contributed by atoms with Gasteiger partial charge in [0, 0.05) is 17.1 Å². The molecule has 130 valence electrons. The Bertz CT molecular complexity index is 1030. The Hall–Kier alpha value is -3.07. The quantitative estimate of drug-likeness (QED) is 0.652. The molecule has 1 aliphatic heterocycles. The van der Waals surface area contributed by atoms with Crippen LogP contribution in [0.25, 0.3) is 10.8 Å². The van der Waals surface area contributed by atoms with Gasteiger partial charge >= 0.3 is 0 Å². The van der Waals surface area contributed by atoms with E-state index in [1.165, 1.54) is 0 Å². The van der Waals surface area contributed by atoms with Crippen molar-refractivity contribution in [3.8, 4) is 11.5 Å². The highest BCUT2D eigenvalue weighted by Crippen LogP contribution is 2.46. The van der Waals surface area contributed by atoms with Crippen LogP contribution in [0.5, 0.6) is 11.5 Å². The number of ketones is 1. The van der Waals surface area contributed by atoms with Gasteiger partial charge in [0.1, 0.15) is 17.3 Å². The molecule has 3 aromatic carbocycles. The number of Topliss-reactive ketones (excluding diaryl/α,β-unsaturated/α-hetero) is 1. The molecule has 0 N–H and O–H groups in total. The van der Waals surface area contributed by atoms with Crippen LogP contribution in [0.15, 0.2) is 72.0 Å². The zero-order valence-corrected chi connectivity index (χ0v) is 15.1. The highest BCUT2D eigenvalue weighted by molar-refractivity contribution is 5.99. The van der Waals surface area contributed by atoms with Crippen molar-refractivity contribution in [2.24, 2.45) is 0 Å². The summed E-state index contributed by atoms with van der Waals surface area (Å²) in [5, 5.41) is 2.24. The number of methoxy groups -OCH3 is 1. The van der Waals surface area contributed by atoms with E-state index < -0.39 is 0 Å².